The van der Waals surface area contributed by atoms with Crippen LogP contribution < -0.4 is 0 Å². The van der Waals surface area contributed by atoms with Crippen LogP contribution in [-0.4, -0.2) is 0 Å². The van der Waals surface area contributed by atoms with Crippen molar-refractivity contribution in [2.45, 2.75) is 102 Å². The van der Waals surface area contributed by atoms with Gasteiger partial charge in [-0.15, -0.1) is 0 Å². The minimum absolute atomic E-state index is 0.151. The third-order valence-electron chi connectivity index (χ3n) is 17.5. The summed E-state index contributed by atoms with van der Waals surface area (Å²) in [6, 6.07) is 115. The third kappa shape index (κ3) is 20.8. The monoisotopic (exact) mass is 1240 g/mol. The topological polar surface area (TPSA) is 0 Å². The molecule has 15 rings (SSSR count). The molecule has 14 aromatic carbocycles. The Balaban J connectivity index is 0.000000140. The number of benzene rings is 14. The van der Waals surface area contributed by atoms with E-state index in [1.54, 1.807) is 0 Å². The van der Waals surface area contributed by atoms with Gasteiger partial charge in [0.2, 0.25) is 0 Å². The van der Waals surface area contributed by atoms with Crippen molar-refractivity contribution in [3.8, 4) is 44.5 Å². The highest BCUT2D eigenvalue weighted by Gasteiger charge is 2.34. The van der Waals surface area contributed by atoms with Crippen LogP contribution in [0.15, 0.2) is 328 Å². The Morgan fingerprint density at radius 1 is 0.189 bits per heavy atom. The molecule has 0 atom stereocenters. The van der Waals surface area contributed by atoms with Crippen LogP contribution in [0, 0.1) is 83.1 Å². The molecule has 0 unspecified atom stereocenters. The molecule has 0 nitrogen and oxygen atoms in total. The van der Waals surface area contributed by atoms with Crippen molar-refractivity contribution in [1.29, 1.82) is 0 Å². The Morgan fingerprint density at radius 3 is 1.16 bits per heavy atom. The zero-order valence-electron chi connectivity index (χ0n) is 58.7. The molecule has 0 saturated heterocycles. The lowest BCUT2D eigenvalue weighted by molar-refractivity contribution is 0.660. The number of hydrogen-bond acceptors (Lipinski definition) is 0. The molecule has 14 aromatic rings. The Labute approximate surface area is 570 Å². The Morgan fingerprint density at radius 2 is 0.579 bits per heavy atom. The van der Waals surface area contributed by atoms with Gasteiger partial charge < -0.3 is 0 Å². The first kappa shape index (κ1) is 70.5. The van der Waals surface area contributed by atoms with E-state index in [9.17, 15) is 0 Å². The van der Waals surface area contributed by atoms with E-state index < -0.39 is 0 Å². The number of fused-ring (bicyclic) bond motifs is 5. The first-order valence-electron chi connectivity index (χ1n) is 33.4. The minimum atomic E-state index is 0.151. The normalized spacial score (nSPS) is 10.9. The first-order valence-corrected chi connectivity index (χ1v) is 33.4. The molecule has 0 aromatic heterocycles. The molecule has 0 amide bonds. The fourth-order valence-electron chi connectivity index (χ4n) is 11.7. The van der Waals surface area contributed by atoms with Gasteiger partial charge in [0.25, 0.3) is 0 Å². The van der Waals surface area contributed by atoms with E-state index in [1.807, 2.05) is 18.2 Å². The van der Waals surface area contributed by atoms with Crippen LogP contribution in [0.3, 0.4) is 0 Å². The quantitative estimate of drug-likeness (QED) is 0.165. The molecule has 0 bridgehead atoms. The second-order valence-electron chi connectivity index (χ2n) is 25.7. The van der Waals surface area contributed by atoms with Gasteiger partial charge in [0.15, 0.2) is 0 Å². The first-order chi connectivity index (χ1) is 45.8. The van der Waals surface area contributed by atoms with Gasteiger partial charge in [-0.3, -0.25) is 0 Å². The van der Waals surface area contributed by atoms with E-state index >= 15 is 0 Å². The zero-order chi connectivity index (χ0) is 67.7. The smallest absolute Gasteiger partial charge is 0.0158 e. The summed E-state index contributed by atoms with van der Waals surface area (Å²) in [4.78, 5) is 0. The van der Waals surface area contributed by atoms with Crippen molar-refractivity contribution >= 4 is 21.5 Å². The summed E-state index contributed by atoms with van der Waals surface area (Å²) in [5.41, 5.74) is 29.8. The van der Waals surface area contributed by atoms with Crippen LogP contribution in [0.4, 0.5) is 0 Å². The lowest BCUT2D eigenvalue weighted by Gasteiger charge is -2.21. The highest BCUT2D eigenvalue weighted by atomic mass is 14.4. The molecule has 0 radical (unpaired) electrons. The molecule has 0 fully saturated rings. The molecule has 0 aliphatic heterocycles. The average molecular weight is 1240 g/mol. The SMILES string of the molecule is Cc1cc(C)c(C)c(C)c1.Cc1ccc(-c2ccccc2)cc1.Cc1ccc(C)cc1.Cc1ccc2c(c1)C(C)(C)c1ccccc1-2.Cc1ccc2ccccc2c1.Cc1cccc(-c2ccccc2)c1.Cc1cccc2ccccc12.Cc1ccccc1-c1ccccc1. The van der Waals surface area contributed by atoms with E-state index in [-0.39, 0.29) is 5.41 Å². The lowest BCUT2D eigenvalue weighted by Crippen LogP contribution is -2.14. The molecule has 0 heteroatoms. The van der Waals surface area contributed by atoms with Crippen molar-refractivity contribution in [3.63, 3.8) is 0 Å². The third-order valence-corrected chi connectivity index (χ3v) is 17.5. The average Bonchev–Trinajstić information content (AvgIpc) is 1.59. The second-order valence-corrected chi connectivity index (χ2v) is 25.7. The van der Waals surface area contributed by atoms with E-state index in [0.717, 1.165) is 0 Å². The highest BCUT2D eigenvalue weighted by molar-refractivity contribution is 5.86. The fourth-order valence-corrected chi connectivity index (χ4v) is 11.7. The molecule has 476 valence electrons. The van der Waals surface area contributed by atoms with E-state index in [0.29, 0.717) is 0 Å². The maximum atomic E-state index is 2.33. The van der Waals surface area contributed by atoms with Crippen LogP contribution in [0.5, 0.6) is 0 Å². The van der Waals surface area contributed by atoms with Crippen LogP contribution in [0.2, 0.25) is 0 Å². The number of hydrogen-bond donors (Lipinski definition) is 0. The van der Waals surface area contributed by atoms with E-state index in [2.05, 4.69) is 406 Å². The summed E-state index contributed by atoms with van der Waals surface area (Å²) in [7, 11) is 0. The van der Waals surface area contributed by atoms with Gasteiger partial charge in [-0.1, -0.05) is 380 Å². The second kappa shape index (κ2) is 35.0. The summed E-state index contributed by atoms with van der Waals surface area (Å²) in [5.74, 6) is 0. The minimum Gasteiger partial charge on any atom is -0.0622 e. The Hall–Kier alpha value is -10.4. The summed E-state index contributed by atoms with van der Waals surface area (Å²) < 4.78 is 0. The Bertz CT molecular complexity index is 4590. The van der Waals surface area contributed by atoms with E-state index in [4.69, 9.17) is 0 Å². The molecule has 1 aliphatic carbocycles. The van der Waals surface area contributed by atoms with Crippen molar-refractivity contribution in [2.75, 3.05) is 0 Å². The van der Waals surface area contributed by atoms with Crippen molar-refractivity contribution in [1.82, 2.24) is 0 Å². The summed E-state index contributed by atoms with van der Waals surface area (Å²) in [5, 5.41) is 5.33. The van der Waals surface area contributed by atoms with Crippen molar-refractivity contribution < 1.29 is 0 Å². The van der Waals surface area contributed by atoms with Gasteiger partial charge >= 0.3 is 0 Å². The molecule has 0 saturated carbocycles. The number of rotatable bonds is 3. The zero-order valence-corrected chi connectivity index (χ0v) is 58.7. The van der Waals surface area contributed by atoms with Gasteiger partial charge in [-0.2, -0.15) is 0 Å². The van der Waals surface area contributed by atoms with Crippen LogP contribution in [0.1, 0.15) is 91.7 Å². The number of aryl methyl sites for hydroxylation is 11. The fraction of sp³-hybridized carbons (Fsp3) is 0.158. The Kier molecular flexibility index (Phi) is 26.0. The summed E-state index contributed by atoms with van der Waals surface area (Å²) in [6.45, 7) is 30.2. The lowest BCUT2D eigenvalue weighted by atomic mass is 9.82. The molecule has 1 aliphatic rings. The maximum Gasteiger partial charge on any atom is 0.0158 e. The van der Waals surface area contributed by atoms with Gasteiger partial charge in [-0.05, 0) is 188 Å². The van der Waals surface area contributed by atoms with Crippen LogP contribution in [-0.2, 0) is 5.41 Å². The molecule has 0 spiro atoms. The maximum absolute atomic E-state index is 2.33. The molecular weight excluding hydrogens is 1140 g/mol. The predicted octanol–water partition coefficient (Wildman–Crippen LogP) is 26.8. The molecular formula is C95H96. The largest absolute Gasteiger partial charge is 0.0622 e. The molecule has 95 heavy (non-hydrogen) atoms. The summed E-state index contributed by atoms with van der Waals surface area (Å²) in [6.07, 6.45) is 0. The van der Waals surface area contributed by atoms with Crippen LogP contribution in [0.25, 0.3) is 66.1 Å². The van der Waals surface area contributed by atoms with Crippen molar-refractivity contribution in [3.05, 3.63) is 405 Å². The molecule has 0 heterocycles. The standard InChI is InChI=1S/C16H16.3C13H12.2C11H10.C10H14.C8H10/c1-11-8-9-13-12-6-4-5-7-14(12)16(2,3)15(13)10-11;1-11-7-5-6-10-13(11)12-8-3-2-4-9-12;1-11-6-5-9-13(10-11)12-7-3-2-4-8-12;1-11-7-9-13(10-8-11)12-5-3-2-4-6-12;1-9-5-4-7-10-6-2-3-8-11(9)10;1-9-6-7-10-4-2-3-5-11(10)8-9;1-7-5-8(2)10(4)9(3)6-7;1-7-3-5-8(2)6-4-7/h4-10H,1-3H3;3*2-10H,1H3;2*2-8H,1H3;5-6H,1-4H3;3-6H,1-2H3. The van der Waals surface area contributed by atoms with Crippen LogP contribution >= 0.6 is 0 Å². The van der Waals surface area contributed by atoms with Gasteiger partial charge in [-0.25, -0.2) is 0 Å². The van der Waals surface area contributed by atoms with Gasteiger partial charge in [0.05, 0.1) is 0 Å². The summed E-state index contributed by atoms with van der Waals surface area (Å²) >= 11 is 0. The molecule has 0 N–H and O–H groups in total. The highest BCUT2D eigenvalue weighted by Crippen LogP contribution is 2.48. The van der Waals surface area contributed by atoms with E-state index in [1.165, 1.54) is 144 Å². The van der Waals surface area contributed by atoms with Crippen molar-refractivity contribution in [2.24, 2.45) is 0 Å². The van der Waals surface area contributed by atoms with Gasteiger partial charge in [0.1, 0.15) is 0 Å². The van der Waals surface area contributed by atoms with Gasteiger partial charge in [0, 0.05) is 5.41 Å². The predicted molar refractivity (Wildman–Crippen MR) is 417 cm³/mol.